The average Bonchev–Trinajstić information content (AvgIpc) is 2.96. The van der Waals surface area contributed by atoms with E-state index in [1.807, 2.05) is 0 Å². The van der Waals surface area contributed by atoms with Crippen molar-refractivity contribution in [2.24, 2.45) is 5.92 Å². The van der Waals surface area contributed by atoms with Gasteiger partial charge in [0.15, 0.2) is 8.32 Å². The third-order valence-electron chi connectivity index (χ3n) is 10.1. The summed E-state index contributed by atoms with van der Waals surface area (Å²) >= 11 is 0. The highest BCUT2D eigenvalue weighted by Gasteiger charge is 2.41. The van der Waals surface area contributed by atoms with Gasteiger partial charge in [0.25, 0.3) is 0 Å². The molecule has 0 fully saturated rings. The molecule has 0 aromatic heterocycles. The lowest BCUT2D eigenvalue weighted by atomic mass is 9.91. The first-order chi connectivity index (χ1) is 21.1. The Kier molecular flexibility index (Phi) is 28.2. The van der Waals surface area contributed by atoms with Crippen molar-refractivity contribution in [1.29, 1.82) is 0 Å². The number of unbranched alkanes of at least 4 members (excludes halogenated alkanes) is 22. The topological polar surface area (TPSA) is 46.5 Å². The smallest absolute Gasteiger partial charge is 0.309 e. The van der Waals surface area contributed by atoms with Crippen LogP contribution < -0.4 is 0 Å². The first-order valence-corrected chi connectivity index (χ1v) is 22.5. The minimum Gasteiger partial charge on any atom is -0.481 e. The molecule has 0 saturated heterocycles. The number of allylic oxidation sites excluding steroid dienone is 2. The predicted octanol–water partition coefficient (Wildman–Crippen LogP) is 14.2. The zero-order valence-corrected chi connectivity index (χ0v) is 32.2. The molecule has 0 bridgehead atoms. The van der Waals surface area contributed by atoms with Crippen molar-refractivity contribution in [1.82, 2.24) is 0 Å². The molecule has 0 aromatic carbocycles. The first kappa shape index (κ1) is 43.4. The summed E-state index contributed by atoms with van der Waals surface area (Å²) in [7, 11) is -2.04. The zero-order chi connectivity index (χ0) is 32.9. The summed E-state index contributed by atoms with van der Waals surface area (Å²) in [4.78, 5) is 12.5. The summed E-state index contributed by atoms with van der Waals surface area (Å²) in [5, 5.41) is 10.4. The maximum absolute atomic E-state index is 12.5. The molecule has 3 nitrogen and oxygen atoms in total. The molecule has 262 valence electrons. The van der Waals surface area contributed by atoms with Crippen molar-refractivity contribution in [3.8, 4) is 0 Å². The summed E-state index contributed by atoms with van der Waals surface area (Å²) in [6.07, 6.45) is 38.7. The quantitative estimate of drug-likeness (QED) is 0.0454. The molecule has 0 heterocycles. The van der Waals surface area contributed by atoms with Gasteiger partial charge in [-0.15, -0.1) is 0 Å². The summed E-state index contributed by atoms with van der Waals surface area (Å²) in [5.74, 6) is -1.02. The van der Waals surface area contributed by atoms with Crippen LogP contribution in [0.4, 0.5) is 0 Å². The zero-order valence-electron chi connectivity index (χ0n) is 31.2. The molecule has 0 aliphatic rings. The highest BCUT2D eigenvalue weighted by molar-refractivity contribution is 6.74. The lowest BCUT2D eigenvalue weighted by molar-refractivity contribution is -0.145. The number of carboxylic acid groups (broad SMARTS) is 1. The third kappa shape index (κ3) is 24.6. The Morgan fingerprint density at radius 1 is 0.591 bits per heavy atom. The molecule has 0 aliphatic carbocycles. The van der Waals surface area contributed by atoms with Crippen molar-refractivity contribution in [3.05, 3.63) is 12.2 Å². The van der Waals surface area contributed by atoms with Crippen molar-refractivity contribution in [2.75, 3.05) is 0 Å². The van der Waals surface area contributed by atoms with E-state index in [1.54, 1.807) is 0 Å². The minimum atomic E-state index is -2.04. The highest BCUT2D eigenvalue weighted by atomic mass is 28.4. The van der Waals surface area contributed by atoms with Gasteiger partial charge < -0.3 is 9.53 Å². The van der Waals surface area contributed by atoms with E-state index in [0.717, 1.165) is 32.1 Å². The Morgan fingerprint density at radius 2 is 0.932 bits per heavy atom. The number of hydrogen-bond acceptors (Lipinski definition) is 2. The van der Waals surface area contributed by atoms with Crippen LogP contribution in [0, 0.1) is 5.92 Å². The van der Waals surface area contributed by atoms with E-state index >= 15 is 0 Å². The monoisotopic (exact) mass is 637 g/mol. The van der Waals surface area contributed by atoms with Crippen LogP contribution in [-0.2, 0) is 9.22 Å². The van der Waals surface area contributed by atoms with Gasteiger partial charge in [0.2, 0.25) is 0 Å². The second-order valence-corrected chi connectivity index (χ2v) is 20.2. The maximum Gasteiger partial charge on any atom is 0.309 e. The summed E-state index contributed by atoms with van der Waals surface area (Å²) in [6.45, 7) is 15.9. The molecule has 2 atom stereocenters. The Labute approximate surface area is 278 Å². The van der Waals surface area contributed by atoms with Gasteiger partial charge in [0, 0.05) is 0 Å². The van der Waals surface area contributed by atoms with Gasteiger partial charge >= 0.3 is 5.97 Å². The molecule has 44 heavy (non-hydrogen) atoms. The second kappa shape index (κ2) is 28.6. The van der Waals surface area contributed by atoms with E-state index < -0.39 is 14.3 Å². The van der Waals surface area contributed by atoms with E-state index in [1.165, 1.54) is 141 Å². The van der Waals surface area contributed by atoms with Gasteiger partial charge in [-0.25, -0.2) is 0 Å². The molecule has 0 aliphatic heterocycles. The minimum absolute atomic E-state index is 0.0902. The van der Waals surface area contributed by atoms with Crippen LogP contribution in [0.2, 0.25) is 18.1 Å². The van der Waals surface area contributed by atoms with E-state index in [4.69, 9.17) is 4.43 Å². The van der Waals surface area contributed by atoms with E-state index in [0.29, 0.717) is 0 Å². The predicted molar refractivity (Wildman–Crippen MR) is 198 cm³/mol. The number of hydrogen-bond donors (Lipinski definition) is 1. The second-order valence-electron chi connectivity index (χ2n) is 15.4. The van der Waals surface area contributed by atoms with E-state index in [2.05, 4.69) is 59.9 Å². The molecular formula is C40H80O3Si. The molecular weight excluding hydrogens is 557 g/mol. The Bertz CT molecular complexity index is 666. The maximum atomic E-state index is 12.5. The van der Waals surface area contributed by atoms with Gasteiger partial charge in [-0.3, -0.25) is 4.79 Å². The number of carboxylic acids is 1. The van der Waals surface area contributed by atoms with Gasteiger partial charge in [-0.1, -0.05) is 182 Å². The number of rotatable bonds is 32. The molecule has 2 unspecified atom stereocenters. The van der Waals surface area contributed by atoms with E-state index in [-0.39, 0.29) is 17.1 Å². The Balaban J connectivity index is 4.44. The molecule has 1 N–H and O–H groups in total. The fourth-order valence-corrected chi connectivity index (χ4v) is 7.38. The van der Waals surface area contributed by atoms with Crippen LogP contribution in [0.3, 0.4) is 0 Å². The number of carbonyl (C=O) groups is 1. The van der Waals surface area contributed by atoms with Gasteiger partial charge in [-0.05, 0) is 56.7 Å². The molecule has 0 saturated carbocycles. The van der Waals surface area contributed by atoms with Crippen LogP contribution in [-0.4, -0.2) is 25.5 Å². The normalized spacial score (nSPS) is 14.0. The molecule has 0 aromatic rings. The van der Waals surface area contributed by atoms with Crippen LogP contribution in [0.1, 0.15) is 208 Å². The summed E-state index contributed by atoms with van der Waals surface area (Å²) in [6, 6.07) is 0. The third-order valence-corrected chi connectivity index (χ3v) is 14.6. The lowest BCUT2D eigenvalue weighted by Crippen LogP contribution is -2.47. The molecule has 0 rings (SSSR count). The highest BCUT2D eigenvalue weighted by Crippen LogP contribution is 2.39. The fraction of sp³-hybridized carbons (Fsp3) is 0.925. The Hall–Kier alpha value is -0.613. The van der Waals surface area contributed by atoms with Crippen LogP contribution in [0.5, 0.6) is 0 Å². The molecule has 4 heteroatoms. The van der Waals surface area contributed by atoms with Crippen LogP contribution >= 0.6 is 0 Å². The van der Waals surface area contributed by atoms with Crippen molar-refractivity contribution < 1.29 is 14.3 Å². The standard InChI is InChI=1S/C40H80O3Si/c1-8-10-12-14-16-18-20-22-23-24-26-28-30-32-34-36-38(43-44(6,7)40(3,4)5)37(39(41)42)35-33-31-29-27-25-21-19-17-15-13-11-9-2/h22-23,37-38H,8-21,24-36H2,1-7H3,(H,41,42)/b23-22+. The average molecular weight is 637 g/mol. The van der Waals surface area contributed by atoms with Crippen molar-refractivity contribution >= 4 is 14.3 Å². The van der Waals surface area contributed by atoms with Gasteiger partial charge in [0.05, 0.1) is 12.0 Å². The Morgan fingerprint density at radius 3 is 1.30 bits per heavy atom. The van der Waals surface area contributed by atoms with E-state index in [9.17, 15) is 9.90 Å². The van der Waals surface area contributed by atoms with Crippen molar-refractivity contribution in [2.45, 2.75) is 232 Å². The largest absolute Gasteiger partial charge is 0.481 e. The fourth-order valence-electron chi connectivity index (χ4n) is 5.99. The van der Waals surface area contributed by atoms with Crippen molar-refractivity contribution in [3.63, 3.8) is 0 Å². The van der Waals surface area contributed by atoms with Crippen LogP contribution in [0.15, 0.2) is 12.2 Å². The lowest BCUT2D eigenvalue weighted by Gasteiger charge is -2.41. The van der Waals surface area contributed by atoms with Crippen LogP contribution in [0.25, 0.3) is 0 Å². The molecule has 0 radical (unpaired) electrons. The van der Waals surface area contributed by atoms with Gasteiger partial charge in [0.1, 0.15) is 0 Å². The summed E-state index contributed by atoms with van der Waals surface area (Å²) in [5.41, 5.74) is 0. The summed E-state index contributed by atoms with van der Waals surface area (Å²) < 4.78 is 6.85. The SMILES string of the molecule is CCCCCCCC/C=C/CCCCCCCC(O[Si](C)(C)C(C)(C)C)C(CCCCCCCCCCCCCC)C(=O)O. The first-order valence-electron chi connectivity index (χ1n) is 19.6. The number of aliphatic carboxylic acids is 1. The van der Waals surface area contributed by atoms with Gasteiger partial charge in [-0.2, -0.15) is 0 Å². The molecule has 0 spiro atoms. The molecule has 0 amide bonds.